The van der Waals surface area contributed by atoms with Crippen LogP contribution >= 0.6 is 0 Å². The normalized spacial score (nSPS) is 9.92. The van der Waals surface area contributed by atoms with E-state index in [2.05, 4.69) is 15.0 Å². The van der Waals surface area contributed by atoms with E-state index in [1.165, 1.54) is 12.1 Å². The van der Waals surface area contributed by atoms with Crippen LogP contribution < -0.4 is 0 Å². The number of aromatic carboxylic acids is 2. The summed E-state index contributed by atoms with van der Waals surface area (Å²) < 4.78 is 0. The molecule has 7 nitrogen and oxygen atoms in total. The van der Waals surface area contributed by atoms with Crippen molar-refractivity contribution in [3.05, 3.63) is 66.0 Å². The van der Waals surface area contributed by atoms with Crippen LogP contribution in [0.1, 0.15) is 21.0 Å². The first kappa shape index (κ1) is 19.3. The predicted octanol–water partition coefficient (Wildman–Crippen LogP) is 2.60. The van der Waals surface area contributed by atoms with Crippen molar-refractivity contribution in [2.75, 3.05) is 0 Å². The van der Waals surface area contributed by atoms with Crippen molar-refractivity contribution in [1.29, 1.82) is 0 Å². The number of carbonyl (C=O) groups is 2. The van der Waals surface area contributed by atoms with Crippen molar-refractivity contribution in [2.45, 2.75) is 0 Å². The number of rotatable bonds is 4. The Bertz CT molecular complexity index is 874. The zero-order chi connectivity index (χ0) is 17.1. The van der Waals surface area contributed by atoms with Gasteiger partial charge in [0, 0.05) is 49.4 Å². The molecule has 0 amide bonds. The molecule has 2 N–H and O–H groups in total. The maximum Gasteiger partial charge on any atom is 0.354 e. The van der Waals surface area contributed by atoms with Gasteiger partial charge in [0.25, 0.3) is 0 Å². The molecule has 3 rings (SSSR count). The maximum absolute atomic E-state index is 11.0. The molecular formula is C17H11EuN3O4. The second-order valence-electron chi connectivity index (χ2n) is 4.83. The topological polar surface area (TPSA) is 113 Å². The molecule has 0 atom stereocenters. The first-order valence-corrected chi connectivity index (χ1v) is 6.93. The third-order valence-electron chi connectivity index (χ3n) is 3.21. The summed E-state index contributed by atoms with van der Waals surface area (Å²) in [6.45, 7) is 0. The molecule has 0 spiro atoms. The van der Waals surface area contributed by atoms with Crippen molar-refractivity contribution in [1.82, 2.24) is 15.0 Å². The monoisotopic (exact) mass is 474 g/mol. The Morgan fingerprint density at radius 2 is 0.920 bits per heavy atom. The zero-order valence-electron chi connectivity index (χ0n) is 12.6. The van der Waals surface area contributed by atoms with Crippen molar-refractivity contribution in [3.63, 3.8) is 0 Å². The molecule has 0 bridgehead atoms. The van der Waals surface area contributed by atoms with E-state index in [1.807, 2.05) is 0 Å². The molecule has 3 aromatic rings. The van der Waals surface area contributed by atoms with E-state index in [0.717, 1.165) is 0 Å². The number of carboxylic acid groups (broad SMARTS) is 2. The van der Waals surface area contributed by atoms with Crippen LogP contribution in [-0.2, 0) is 0 Å². The van der Waals surface area contributed by atoms with E-state index in [0.29, 0.717) is 22.8 Å². The van der Waals surface area contributed by atoms with Crippen molar-refractivity contribution in [3.8, 4) is 22.8 Å². The third kappa shape index (κ3) is 4.53. The Morgan fingerprint density at radius 3 is 1.28 bits per heavy atom. The van der Waals surface area contributed by atoms with Gasteiger partial charge >= 0.3 is 11.9 Å². The van der Waals surface area contributed by atoms with Crippen LogP contribution in [0.5, 0.6) is 0 Å². The van der Waals surface area contributed by atoms with Gasteiger partial charge in [0.1, 0.15) is 11.4 Å². The zero-order valence-corrected chi connectivity index (χ0v) is 15.1. The molecule has 0 aromatic carbocycles. The molecule has 0 aliphatic carbocycles. The van der Waals surface area contributed by atoms with Crippen molar-refractivity contribution >= 4 is 11.9 Å². The van der Waals surface area contributed by atoms with Gasteiger partial charge in [-0.15, -0.1) is 0 Å². The van der Waals surface area contributed by atoms with Crippen LogP contribution in [0.25, 0.3) is 22.8 Å². The Balaban J connectivity index is 0.00000225. The Hall–Kier alpha value is -2.03. The molecule has 0 aliphatic rings. The summed E-state index contributed by atoms with van der Waals surface area (Å²) in [6, 6.07) is 14.4. The summed E-state index contributed by atoms with van der Waals surface area (Å²) in [5, 5.41) is 18.0. The number of nitrogens with zero attached hydrogens (tertiary/aromatic N) is 3. The summed E-state index contributed by atoms with van der Waals surface area (Å²) in [4.78, 5) is 34.5. The van der Waals surface area contributed by atoms with Crippen molar-refractivity contribution < 1.29 is 69.2 Å². The molecule has 0 saturated carbocycles. The summed E-state index contributed by atoms with van der Waals surface area (Å²) in [7, 11) is 0. The van der Waals surface area contributed by atoms with Gasteiger partial charge in [0.15, 0.2) is 0 Å². The van der Waals surface area contributed by atoms with Crippen molar-refractivity contribution in [2.24, 2.45) is 0 Å². The Kier molecular flexibility index (Phi) is 6.47. The van der Waals surface area contributed by atoms with Gasteiger partial charge in [0.05, 0.1) is 22.8 Å². The average molecular weight is 473 g/mol. The van der Waals surface area contributed by atoms with Crippen LogP contribution in [0.15, 0.2) is 54.6 Å². The molecule has 25 heavy (non-hydrogen) atoms. The first-order chi connectivity index (χ1) is 11.5. The third-order valence-corrected chi connectivity index (χ3v) is 3.21. The van der Waals surface area contributed by atoms with Gasteiger partial charge in [-0.2, -0.15) is 0 Å². The minimum Gasteiger partial charge on any atom is -0.477 e. The molecule has 1 radical (unpaired) electrons. The second-order valence-corrected chi connectivity index (χ2v) is 4.83. The number of pyridine rings is 3. The molecule has 0 aliphatic heterocycles. The molecule has 3 heterocycles. The maximum atomic E-state index is 11.0. The van der Waals surface area contributed by atoms with Crippen LogP contribution in [0, 0.1) is 49.4 Å². The second kappa shape index (κ2) is 8.38. The quantitative estimate of drug-likeness (QED) is 0.599. The summed E-state index contributed by atoms with van der Waals surface area (Å²) in [5.74, 6) is -2.24. The van der Waals surface area contributed by atoms with E-state index in [1.54, 1.807) is 42.5 Å². The van der Waals surface area contributed by atoms with Gasteiger partial charge in [-0.3, -0.25) is 0 Å². The number of carboxylic acids is 2. The average Bonchev–Trinajstić information content (AvgIpc) is 2.62. The molecule has 0 saturated heterocycles. The van der Waals surface area contributed by atoms with E-state index < -0.39 is 11.9 Å². The summed E-state index contributed by atoms with van der Waals surface area (Å²) in [5.41, 5.74) is 1.60. The van der Waals surface area contributed by atoms with E-state index in [4.69, 9.17) is 10.2 Å². The standard InChI is InChI=1S/C17H11N3O4.Eu/c21-16(22)14-8-2-6-12(19-14)10-4-1-5-11(18-10)13-7-3-9-15(20-13)17(23)24;/h1-9H,(H,21,22)(H,23,24);. The van der Waals surface area contributed by atoms with E-state index >= 15 is 0 Å². The molecule has 0 unspecified atom stereocenters. The summed E-state index contributed by atoms with van der Waals surface area (Å²) >= 11 is 0. The fraction of sp³-hybridized carbons (Fsp3) is 0. The largest absolute Gasteiger partial charge is 0.477 e. The fourth-order valence-corrected chi connectivity index (χ4v) is 2.11. The van der Waals surface area contributed by atoms with E-state index in [-0.39, 0.29) is 60.8 Å². The Morgan fingerprint density at radius 1 is 0.600 bits per heavy atom. The van der Waals surface area contributed by atoms with Crippen LogP contribution in [0.2, 0.25) is 0 Å². The van der Waals surface area contributed by atoms with Gasteiger partial charge in [-0.1, -0.05) is 18.2 Å². The SMILES string of the molecule is O=C(O)c1cccc(-c2cccc(-c3cccc(C(=O)O)n3)n2)n1.[Eu]. The minimum atomic E-state index is -1.12. The summed E-state index contributed by atoms with van der Waals surface area (Å²) in [6.07, 6.45) is 0. The minimum absolute atomic E-state index is 0. The smallest absolute Gasteiger partial charge is 0.354 e. The first-order valence-electron chi connectivity index (χ1n) is 6.93. The van der Waals surface area contributed by atoms with Crippen LogP contribution in [-0.4, -0.2) is 37.1 Å². The molecule has 125 valence electrons. The fourth-order valence-electron chi connectivity index (χ4n) is 2.11. The number of hydrogen-bond donors (Lipinski definition) is 2. The molecular weight excluding hydrogens is 462 g/mol. The molecule has 0 fully saturated rings. The number of aromatic nitrogens is 3. The predicted molar refractivity (Wildman–Crippen MR) is 84.6 cm³/mol. The van der Waals surface area contributed by atoms with Crippen LogP contribution in [0.3, 0.4) is 0 Å². The van der Waals surface area contributed by atoms with Gasteiger partial charge in [-0.25, -0.2) is 24.5 Å². The van der Waals surface area contributed by atoms with Gasteiger partial charge in [0.2, 0.25) is 0 Å². The van der Waals surface area contributed by atoms with Gasteiger partial charge in [-0.05, 0) is 36.4 Å². The number of hydrogen-bond acceptors (Lipinski definition) is 5. The Labute approximate surface area is 183 Å². The molecule has 8 heteroatoms. The van der Waals surface area contributed by atoms with Crippen LogP contribution in [0.4, 0.5) is 0 Å². The van der Waals surface area contributed by atoms with E-state index in [9.17, 15) is 9.59 Å². The molecule has 3 aromatic heterocycles. The van der Waals surface area contributed by atoms with Gasteiger partial charge < -0.3 is 10.2 Å².